The first kappa shape index (κ1) is 10.4. The fraction of sp³-hybridized carbons (Fsp3) is 0.200. The molecule has 3 nitrogen and oxygen atoms in total. The monoisotopic (exact) mass is 195 g/mol. The van der Waals surface area contributed by atoms with Gasteiger partial charge in [-0.2, -0.15) is 0 Å². The largest absolute Gasteiger partial charge is 0.481 e. The molecule has 0 aliphatic heterocycles. The molecular weight excluding hydrogens is 185 g/mol. The zero-order valence-electron chi connectivity index (χ0n) is 7.74. The highest BCUT2D eigenvalue weighted by Crippen LogP contribution is 2.17. The Morgan fingerprint density at radius 3 is 3.07 bits per heavy atom. The zero-order chi connectivity index (χ0) is 10.4. The van der Waals surface area contributed by atoms with Crippen molar-refractivity contribution in [2.24, 2.45) is 0 Å². The van der Waals surface area contributed by atoms with E-state index in [1.54, 1.807) is 12.2 Å². The second-order valence-electron chi connectivity index (χ2n) is 2.56. The molecule has 0 atom stereocenters. The second kappa shape index (κ2) is 5.11. The maximum Gasteiger partial charge on any atom is 0.220 e. The molecule has 0 aliphatic rings. The van der Waals surface area contributed by atoms with Crippen LogP contribution in [-0.2, 0) is 4.79 Å². The molecule has 0 fully saturated rings. The molecule has 0 saturated heterocycles. The molecule has 1 aromatic heterocycles. The van der Waals surface area contributed by atoms with Gasteiger partial charge in [0.2, 0.25) is 5.88 Å². The van der Waals surface area contributed by atoms with Crippen molar-refractivity contribution in [3.8, 4) is 5.88 Å². The summed E-state index contributed by atoms with van der Waals surface area (Å²) in [5, 5.41) is 0. The van der Waals surface area contributed by atoms with Gasteiger partial charge in [-0.25, -0.2) is 9.37 Å². The van der Waals surface area contributed by atoms with E-state index >= 15 is 0 Å². The minimum Gasteiger partial charge on any atom is -0.481 e. The standard InChI is InChI=1S/C10H10FNO2/c1-14-10-8(4-2-3-5-13)6-9(11)7-12-10/h2,4-7H,3H2,1H3. The summed E-state index contributed by atoms with van der Waals surface area (Å²) >= 11 is 0. The Morgan fingerprint density at radius 2 is 2.43 bits per heavy atom. The summed E-state index contributed by atoms with van der Waals surface area (Å²) in [7, 11) is 1.46. The van der Waals surface area contributed by atoms with Gasteiger partial charge >= 0.3 is 0 Å². The van der Waals surface area contributed by atoms with Gasteiger partial charge in [-0.15, -0.1) is 0 Å². The fourth-order valence-electron chi connectivity index (χ4n) is 0.983. The van der Waals surface area contributed by atoms with Crippen molar-refractivity contribution < 1.29 is 13.9 Å². The molecule has 14 heavy (non-hydrogen) atoms. The van der Waals surface area contributed by atoms with Crippen LogP contribution in [0, 0.1) is 5.82 Å². The van der Waals surface area contributed by atoms with Crippen molar-refractivity contribution >= 4 is 12.4 Å². The molecule has 74 valence electrons. The molecular formula is C10H10FNO2. The number of aldehydes is 1. The molecule has 0 amide bonds. The molecule has 1 heterocycles. The lowest BCUT2D eigenvalue weighted by Crippen LogP contribution is -1.92. The first-order valence-electron chi connectivity index (χ1n) is 4.07. The number of carbonyl (C=O) groups excluding carboxylic acids is 1. The van der Waals surface area contributed by atoms with E-state index in [1.807, 2.05) is 0 Å². The Morgan fingerprint density at radius 1 is 1.64 bits per heavy atom. The summed E-state index contributed by atoms with van der Waals surface area (Å²) in [5.74, 6) is -0.0925. The van der Waals surface area contributed by atoms with Gasteiger partial charge in [0.25, 0.3) is 0 Å². The Bertz CT molecular complexity index is 350. The third-order valence-electron chi connectivity index (χ3n) is 1.57. The summed E-state index contributed by atoms with van der Waals surface area (Å²) in [6.45, 7) is 0. The summed E-state index contributed by atoms with van der Waals surface area (Å²) in [5.41, 5.74) is 0.523. The minimum atomic E-state index is -0.434. The highest BCUT2D eigenvalue weighted by Gasteiger charge is 2.01. The van der Waals surface area contributed by atoms with E-state index in [0.29, 0.717) is 17.9 Å². The van der Waals surface area contributed by atoms with Crippen molar-refractivity contribution in [1.29, 1.82) is 0 Å². The molecule has 0 aliphatic carbocycles. The predicted molar refractivity (Wildman–Crippen MR) is 50.5 cm³/mol. The van der Waals surface area contributed by atoms with Crippen LogP contribution in [0.25, 0.3) is 6.08 Å². The zero-order valence-corrected chi connectivity index (χ0v) is 7.74. The van der Waals surface area contributed by atoms with E-state index in [1.165, 1.54) is 13.2 Å². The molecule has 0 saturated carbocycles. The van der Waals surface area contributed by atoms with Gasteiger partial charge in [-0.1, -0.05) is 12.2 Å². The number of pyridine rings is 1. The first-order chi connectivity index (χ1) is 6.77. The molecule has 0 radical (unpaired) electrons. The van der Waals surface area contributed by atoms with Gasteiger partial charge in [-0.05, 0) is 6.07 Å². The number of hydrogen-bond donors (Lipinski definition) is 0. The average Bonchev–Trinajstić information content (AvgIpc) is 2.19. The predicted octanol–water partition coefficient (Wildman–Crippen LogP) is 1.83. The lowest BCUT2D eigenvalue weighted by molar-refractivity contribution is -0.107. The van der Waals surface area contributed by atoms with Crippen molar-refractivity contribution in [2.45, 2.75) is 6.42 Å². The normalized spacial score (nSPS) is 10.4. The van der Waals surface area contributed by atoms with Crippen LogP contribution >= 0.6 is 0 Å². The Labute approximate surface area is 81.2 Å². The van der Waals surface area contributed by atoms with Crippen molar-refractivity contribution in [3.05, 3.63) is 29.7 Å². The lowest BCUT2D eigenvalue weighted by atomic mass is 10.2. The summed E-state index contributed by atoms with van der Waals surface area (Å²) in [6, 6.07) is 1.30. The van der Waals surface area contributed by atoms with Gasteiger partial charge in [0.05, 0.1) is 13.3 Å². The van der Waals surface area contributed by atoms with Crippen LogP contribution in [0.3, 0.4) is 0 Å². The van der Waals surface area contributed by atoms with E-state index in [2.05, 4.69) is 4.98 Å². The number of halogens is 1. The van der Waals surface area contributed by atoms with E-state index in [4.69, 9.17) is 4.74 Å². The van der Waals surface area contributed by atoms with Crippen molar-refractivity contribution in [2.75, 3.05) is 7.11 Å². The number of aromatic nitrogens is 1. The Kier molecular flexibility index (Phi) is 3.79. The number of rotatable bonds is 4. The lowest BCUT2D eigenvalue weighted by Gasteiger charge is -2.02. The van der Waals surface area contributed by atoms with Crippen LogP contribution in [0.2, 0.25) is 0 Å². The Hall–Kier alpha value is -1.71. The van der Waals surface area contributed by atoms with E-state index in [0.717, 1.165) is 12.5 Å². The number of ether oxygens (including phenoxy) is 1. The highest BCUT2D eigenvalue weighted by molar-refractivity contribution is 5.60. The van der Waals surface area contributed by atoms with E-state index in [-0.39, 0.29) is 0 Å². The summed E-state index contributed by atoms with van der Waals surface area (Å²) in [6.07, 6.45) is 5.35. The number of methoxy groups -OCH3 is 1. The van der Waals surface area contributed by atoms with Crippen LogP contribution < -0.4 is 4.74 Å². The van der Waals surface area contributed by atoms with Gasteiger partial charge in [0, 0.05) is 12.0 Å². The van der Waals surface area contributed by atoms with Crippen LogP contribution in [0.1, 0.15) is 12.0 Å². The van der Waals surface area contributed by atoms with Gasteiger partial charge in [0.1, 0.15) is 12.1 Å². The van der Waals surface area contributed by atoms with E-state index < -0.39 is 5.82 Å². The van der Waals surface area contributed by atoms with Gasteiger partial charge in [0.15, 0.2) is 0 Å². The molecule has 0 unspecified atom stereocenters. The molecule has 4 heteroatoms. The van der Waals surface area contributed by atoms with Crippen LogP contribution in [0.15, 0.2) is 18.3 Å². The number of nitrogens with zero attached hydrogens (tertiary/aromatic N) is 1. The van der Waals surface area contributed by atoms with Gasteiger partial charge in [-0.3, -0.25) is 0 Å². The molecule has 1 aromatic rings. The third-order valence-corrected chi connectivity index (χ3v) is 1.57. The number of hydrogen-bond acceptors (Lipinski definition) is 3. The minimum absolute atomic E-state index is 0.291. The maximum atomic E-state index is 12.8. The van der Waals surface area contributed by atoms with Crippen molar-refractivity contribution in [1.82, 2.24) is 4.98 Å². The average molecular weight is 195 g/mol. The van der Waals surface area contributed by atoms with Crippen LogP contribution in [-0.4, -0.2) is 18.4 Å². The second-order valence-corrected chi connectivity index (χ2v) is 2.56. The topological polar surface area (TPSA) is 39.2 Å². The Balaban J connectivity index is 2.92. The number of allylic oxidation sites excluding steroid dienone is 1. The maximum absolute atomic E-state index is 12.8. The van der Waals surface area contributed by atoms with E-state index in [9.17, 15) is 9.18 Å². The van der Waals surface area contributed by atoms with Crippen molar-refractivity contribution in [3.63, 3.8) is 0 Å². The summed E-state index contributed by atoms with van der Waals surface area (Å²) < 4.78 is 17.7. The smallest absolute Gasteiger partial charge is 0.220 e. The molecule has 0 aromatic carbocycles. The number of carbonyl (C=O) groups is 1. The third kappa shape index (κ3) is 2.65. The molecule has 1 rings (SSSR count). The summed E-state index contributed by atoms with van der Waals surface area (Å²) in [4.78, 5) is 13.8. The molecule has 0 spiro atoms. The highest BCUT2D eigenvalue weighted by atomic mass is 19.1. The quantitative estimate of drug-likeness (QED) is 0.688. The van der Waals surface area contributed by atoms with Crippen LogP contribution in [0.4, 0.5) is 4.39 Å². The van der Waals surface area contributed by atoms with Gasteiger partial charge < -0.3 is 9.53 Å². The molecule has 0 bridgehead atoms. The molecule has 0 N–H and O–H groups in total. The first-order valence-corrected chi connectivity index (χ1v) is 4.07. The fourth-order valence-corrected chi connectivity index (χ4v) is 0.983. The SMILES string of the molecule is COc1ncc(F)cc1C=CCC=O. The van der Waals surface area contributed by atoms with Crippen LogP contribution in [0.5, 0.6) is 5.88 Å².